The van der Waals surface area contributed by atoms with Crippen LogP contribution in [0.25, 0.3) is 11.0 Å². The van der Waals surface area contributed by atoms with E-state index in [2.05, 4.69) is 11.9 Å². The summed E-state index contributed by atoms with van der Waals surface area (Å²) >= 11 is 0. The third-order valence-electron chi connectivity index (χ3n) is 2.60. The first-order valence-corrected chi connectivity index (χ1v) is 4.88. The average molecular weight is 431 g/mol. The molecule has 1 radical (unpaired) electrons. The molecule has 0 aliphatic carbocycles. The van der Waals surface area contributed by atoms with E-state index < -0.39 is 0 Å². The summed E-state index contributed by atoms with van der Waals surface area (Å²) in [5.41, 5.74) is 3.13. The van der Waals surface area contributed by atoms with Crippen LogP contribution in [0.2, 0.25) is 0 Å². The van der Waals surface area contributed by atoms with Gasteiger partial charge in [0.1, 0.15) is 0 Å². The third-order valence-corrected chi connectivity index (χ3v) is 2.60. The van der Waals surface area contributed by atoms with Crippen molar-refractivity contribution in [2.45, 2.75) is 6.42 Å². The minimum absolute atomic E-state index is 0. The van der Waals surface area contributed by atoms with Gasteiger partial charge in [0.25, 0.3) is 0 Å². The largest absolute Gasteiger partial charge is 0.684 e. The SMILES string of the molecule is C=C1[N-]CCc2cc(OC)c(OC)cc21.[Ac]. The van der Waals surface area contributed by atoms with Crippen LogP contribution in [-0.4, -0.2) is 20.8 Å². The van der Waals surface area contributed by atoms with Crippen molar-refractivity contribution in [3.05, 3.63) is 35.2 Å². The quantitative estimate of drug-likeness (QED) is 0.722. The van der Waals surface area contributed by atoms with E-state index in [0.29, 0.717) is 0 Å². The van der Waals surface area contributed by atoms with Gasteiger partial charge in [-0.05, 0) is 29.7 Å². The van der Waals surface area contributed by atoms with Gasteiger partial charge in [-0.15, -0.1) is 18.8 Å². The van der Waals surface area contributed by atoms with Crippen LogP contribution >= 0.6 is 0 Å². The number of fused-ring (bicyclic) bond motifs is 1. The predicted octanol–water partition coefficient (Wildman–Crippen LogP) is 2.60. The molecule has 0 aromatic heterocycles. The summed E-state index contributed by atoms with van der Waals surface area (Å²) < 4.78 is 10.5. The molecule has 1 aliphatic rings. The molecule has 16 heavy (non-hydrogen) atoms. The van der Waals surface area contributed by atoms with E-state index in [-0.39, 0.29) is 44.1 Å². The van der Waals surface area contributed by atoms with Crippen molar-refractivity contribution in [3.63, 3.8) is 0 Å². The van der Waals surface area contributed by atoms with E-state index >= 15 is 0 Å². The van der Waals surface area contributed by atoms with Gasteiger partial charge in [0, 0.05) is 44.1 Å². The van der Waals surface area contributed by atoms with Gasteiger partial charge in [0.2, 0.25) is 0 Å². The molecular weight excluding hydrogens is 417 g/mol. The van der Waals surface area contributed by atoms with Crippen molar-refractivity contribution < 1.29 is 53.5 Å². The Kier molecular flexibility index (Phi) is 5.14. The molecule has 1 heterocycles. The molecule has 1 aliphatic heterocycles. The molecule has 4 heteroatoms. The van der Waals surface area contributed by atoms with Gasteiger partial charge >= 0.3 is 0 Å². The Morgan fingerprint density at radius 3 is 2.44 bits per heavy atom. The van der Waals surface area contributed by atoms with Gasteiger partial charge in [0.15, 0.2) is 11.5 Å². The van der Waals surface area contributed by atoms with Crippen LogP contribution in [0.5, 0.6) is 11.5 Å². The summed E-state index contributed by atoms with van der Waals surface area (Å²) in [6, 6.07) is 3.95. The average Bonchev–Trinajstić information content (AvgIpc) is 2.28. The number of hydrogen-bond acceptors (Lipinski definition) is 2. The third kappa shape index (κ3) is 2.55. The standard InChI is InChI=1S/C12H14NO2.Ac/c1-8-10-7-12(15-3)11(14-2)6-9(10)4-5-13-8;/h6-7H,1,4-5H2,2-3H3;/q-1;. The van der Waals surface area contributed by atoms with Gasteiger partial charge in [-0.1, -0.05) is 0 Å². The minimum Gasteiger partial charge on any atom is -0.684 e. The summed E-state index contributed by atoms with van der Waals surface area (Å²) in [4.78, 5) is 0. The summed E-state index contributed by atoms with van der Waals surface area (Å²) in [5, 5.41) is 4.31. The van der Waals surface area contributed by atoms with Crippen molar-refractivity contribution >= 4 is 5.70 Å². The molecule has 0 atom stereocenters. The molecule has 0 amide bonds. The molecule has 0 spiro atoms. The van der Waals surface area contributed by atoms with Gasteiger partial charge in [0.05, 0.1) is 14.2 Å². The Balaban J connectivity index is 0.00000128. The number of nitrogens with zero attached hydrogens (tertiary/aromatic N) is 1. The Labute approximate surface area is 132 Å². The van der Waals surface area contributed by atoms with Crippen LogP contribution in [0, 0.1) is 44.1 Å². The van der Waals surface area contributed by atoms with E-state index in [4.69, 9.17) is 9.47 Å². The Morgan fingerprint density at radius 1 is 1.19 bits per heavy atom. The van der Waals surface area contributed by atoms with Crippen molar-refractivity contribution in [2.75, 3.05) is 20.8 Å². The number of rotatable bonds is 2. The molecule has 0 N–H and O–H groups in total. The van der Waals surface area contributed by atoms with Crippen molar-refractivity contribution in [1.29, 1.82) is 0 Å². The van der Waals surface area contributed by atoms with Crippen LogP contribution in [0.3, 0.4) is 0 Å². The van der Waals surface area contributed by atoms with E-state index in [0.717, 1.165) is 35.7 Å². The zero-order valence-corrected chi connectivity index (χ0v) is 14.4. The summed E-state index contributed by atoms with van der Waals surface area (Å²) in [5.74, 6) is 1.50. The fourth-order valence-corrected chi connectivity index (χ4v) is 1.79. The van der Waals surface area contributed by atoms with Gasteiger partial charge in [-0.2, -0.15) is 0 Å². The molecule has 0 bridgehead atoms. The summed E-state index contributed by atoms with van der Waals surface area (Å²) in [6.07, 6.45) is 0.939. The summed E-state index contributed by atoms with van der Waals surface area (Å²) in [6.45, 7) is 4.73. The number of methoxy groups -OCH3 is 2. The van der Waals surface area contributed by atoms with E-state index in [1.807, 2.05) is 12.1 Å². The molecule has 0 unspecified atom stereocenters. The summed E-state index contributed by atoms with van der Waals surface area (Å²) in [7, 11) is 3.28. The maximum absolute atomic E-state index is 5.25. The zero-order chi connectivity index (χ0) is 10.8. The monoisotopic (exact) mass is 431 g/mol. The molecular formula is C12H14AcNO2-. The number of benzene rings is 1. The van der Waals surface area contributed by atoms with Crippen molar-refractivity contribution in [2.24, 2.45) is 0 Å². The van der Waals surface area contributed by atoms with E-state index in [1.54, 1.807) is 14.2 Å². The molecule has 0 saturated heterocycles. The van der Waals surface area contributed by atoms with Gasteiger partial charge < -0.3 is 14.8 Å². The second-order valence-corrected chi connectivity index (χ2v) is 3.44. The molecule has 0 fully saturated rings. The molecule has 3 nitrogen and oxygen atoms in total. The van der Waals surface area contributed by atoms with Crippen LogP contribution < -0.4 is 9.47 Å². The number of ether oxygens (including phenoxy) is 2. The molecule has 2 rings (SSSR count). The fourth-order valence-electron chi connectivity index (χ4n) is 1.79. The molecule has 83 valence electrons. The molecule has 1 aromatic rings. The Bertz CT molecular complexity index is 404. The Morgan fingerprint density at radius 2 is 1.81 bits per heavy atom. The topological polar surface area (TPSA) is 32.6 Å². The smallest absolute Gasteiger partial charge is 0.161 e. The maximum atomic E-state index is 5.25. The minimum atomic E-state index is 0. The van der Waals surface area contributed by atoms with E-state index in [1.165, 1.54) is 5.56 Å². The van der Waals surface area contributed by atoms with Crippen molar-refractivity contribution in [3.8, 4) is 11.5 Å². The predicted molar refractivity (Wildman–Crippen MR) is 60.5 cm³/mol. The first-order valence-electron chi connectivity index (χ1n) is 4.88. The van der Waals surface area contributed by atoms with Gasteiger partial charge in [-0.3, -0.25) is 0 Å². The first kappa shape index (κ1) is 13.9. The van der Waals surface area contributed by atoms with Crippen LogP contribution in [0.4, 0.5) is 0 Å². The van der Waals surface area contributed by atoms with E-state index in [9.17, 15) is 0 Å². The zero-order valence-electron chi connectivity index (χ0n) is 9.62. The van der Waals surface area contributed by atoms with Crippen LogP contribution in [-0.2, 0) is 6.42 Å². The Hall–Kier alpha value is -0.198. The van der Waals surface area contributed by atoms with Gasteiger partial charge in [-0.25, -0.2) is 0 Å². The van der Waals surface area contributed by atoms with Crippen LogP contribution in [0.15, 0.2) is 18.7 Å². The first-order chi connectivity index (χ1) is 7.26. The normalized spacial score (nSPS) is 13.2. The van der Waals surface area contributed by atoms with Crippen molar-refractivity contribution in [1.82, 2.24) is 0 Å². The molecule has 1 aromatic carbocycles. The number of hydrogen-bond donors (Lipinski definition) is 0. The second-order valence-electron chi connectivity index (χ2n) is 3.44. The molecule has 0 saturated carbocycles. The maximum Gasteiger partial charge on any atom is 0.161 e. The van der Waals surface area contributed by atoms with Crippen LogP contribution in [0.1, 0.15) is 11.1 Å². The fraction of sp³-hybridized carbons (Fsp3) is 0.333. The second kappa shape index (κ2) is 5.93.